The highest BCUT2D eigenvalue weighted by molar-refractivity contribution is 7.89. The fraction of sp³-hybridized carbons (Fsp3) is 0.462. The molecule has 1 saturated heterocycles. The van der Waals surface area contributed by atoms with Crippen LogP contribution in [0.25, 0.3) is 0 Å². The number of hydrogen-bond donors (Lipinski definition) is 1. The number of hydrogen-bond acceptors (Lipinski definition) is 3. The molecule has 5 nitrogen and oxygen atoms in total. The minimum absolute atomic E-state index is 0.0936. The molecular formula is C13H15Cl2NO4S. The van der Waals surface area contributed by atoms with Crippen LogP contribution >= 0.6 is 23.2 Å². The van der Waals surface area contributed by atoms with Crippen LogP contribution in [0.2, 0.25) is 10.0 Å². The van der Waals surface area contributed by atoms with Crippen molar-refractivity contribution in [3.05, 3.63) is 28.2 Å². The van der Waals surface area contributed by atoms with Gasteiger partial charge in [-0.05, 0) is 30.0 Å². The van der Waals surface area contributed by atoms with Crippen molar-refractivity contribution in [2.24, 2.45) is 5.41 Å². The third-order valence-corrected chi connectivity index (χ3v) is 5.96. The van der Waals surface area contributed by atoms with Crippen LogP contribution in [0.4, 0.5) is 0 Å². The van der Waals surface area contributed by atoms with E-state index in [9.17, 15) is 18.3 Å². The van der Waals surface area contributed by atoms with Crippen molar-refractivity contribution in [2.75, 3.05) is 6.54 Å². The van der Waals surface area contributed by atoms with Gasteiger partial charge < -0.3 is 5.11 Å². The lowest BCUT2D eigenvalue weighted by atomic mass is 9.85. The normalized spacial score (nSPS) is 22.4. The summed E-state index contributed by atoms with van der Waals surface area (Å²) in [6.45, 7) is 3.63. The number of nitrogens with zero attached hydrogens (tertiary/aromatic N) is 1. The van der Waals surface area contributed by atoms with Crippen molar-refractivity contribution in [3.8, 4) is 0 Å². The molecule has 1 atom stereocenters. The fourth-order valence-electron chi connectivity index (χ4n) is 2.58. The van der Waals surface area contributed by atoms with Crippen LogP contribution < -0.4 is 0 Å². The molecule has 1 heterocycles. The lowest BCUT2D eigenvalue weighted by Crippen LogP contribution is -2.46. The Hall–Kier alpha value is -0.820. The average Bonchev–Trinajstić information content (AvgIpc) is 2.64. The van der Waals surface area contributed by atoms with Gasteiger partial charge in [0.25, 0.3) is 0 Å². The zero-order chi connectivity index (χ0) is 16.0. The lowest BCUT2D eigenvalue weighted by molar-refractivity contribution is -0.143. The Morgan fingerprint density at radius 1 is 1.29 bits per heavy atom. The molecule has 2 rings (SSSR count). The Balaban J connectivity index is 2.51. The summed E-state index contributed by atoms with van der Waals surface area (Å²) in [6, 6.07) is 2.85. The number of carboxylic acid groups (broad SMARTS) is 1. The van der Waals surface area contributed by atoms with Gasteiger partial charge in [-0.2, -0.15) is 4.31 Å². The summed E-state index contributed by atoms with van der Waals surface area (Å²) in [7, 11) is -3.97. The van der Waals surface area contributed by atoms with Crippen LogP contribution in [0, 0.1) is 5.41 Å². The second kappa shape index (κ2) is 5.43. The summed E-state index contributed by atoms with van der Waals surface area (Å²) < 4.78 is 26.4. The van der Waals surface area contributed by atoms with Crippen molar-refractivity contribution in [2.45, 2.75) is 31.2 Å². The summed E-state index contributed by atoms with van der Waals surface area (Å²) in [5.41, 5.74) is -0.638. The van der Waals surface area contributed by atoms with Gasteiger partial charge in [0.05, 0.1) is 4.90 Å². The Kier molecular flexibility index (Phi) is 4.28. The van der Waals surface area contributed by atoms with Crippen LogP contribution in [-0.2, 0) is 14.8 Å². The molecule has 1 unspecified atom stereocenters. The van der Waals surface area contributed by atoms with Gasteiger partial charge in [0.2, 0.25) is 10.0 Å². The number of sulfonamides is 1. The van der Waals surface area contributed by atoms with Crippen molar-refractivity contribution in [1.29, 1.82) is 0 Å². The number of benzene rings is 1. The van der Waals surface area contributed by atoms with E-state index < -0.39 is 27.4 Å². The molecule has 21 heavy (non-hydrogen) atoms. The third kappa shape index (κ3) is 3.04. The largest absolute Gasteiger partial charge is 0.480 e. The van der Waals surface area contributed by atoms with E-state index in [2.05, 4.69) is 0 Å². The second-order valence-corrected chi connectivity index (χ2v) is 8.46. The molecular weight excluding hydrogens is 337 g/mol. The number of carboxylic acids is 1. The van der Waals surface area contributed by atoms with E-state index >= 15 is 0 Å². The molecule has 0 amide bonds. The summed E-state index contributed by atoms with van der Waals surface area (Å²) >= 11 is 11.7. The molecule has 1 aromatic rings. The summed E-state index contributed by atoms with van der Waals surface area (Å²) in [5, 5.41) is 9.75. The zero-order valence-electron chi connectivity index (χ0n) is 11.5. The van der Waals surface area contributed by atoms with E-state index in [1.165, 1.54) is 18.2 Å². The highest BCUT2D eigenvalue weighted by Gasteiger charge is 2.50. The molecule has 0 bridgehead atoms. The lowest BCUT2D eigenvalue weighted by Gasteiger charge is -2.28. The Bertz CT molecular complexity index is 667. The van der Waals surface area contributed by atoms with Gasteiger partial charge in [-0.15, -0.1) is 0 Å². The quantitative estimate of drug-likeness (QED) is 0.908. The van der Waals surface area contributed by atoms with E-state index in [0.29, 0.717) is 6.42 Å². The molecule has 1 aliphatic heterocycles. The minimum atomic E-state index is -3.97. The van der Waals surface area contributed by atoms with Crippen LogP contribution in [0.1, 0.15) is 20.3 Å². The molecule has 8 heteroatoms. The topological polar surface area (TPSA) is 74.7 Å². The Morgan fingerprint density at radius 2 is 1.81 bits per heavy atom. The van der Waals surface area contributed by atoms with E-state index in [1.54, 1.807) is 13.8 Å². The van der Waals surface area contributed by atoms with Crippen molar-refractivity contribution in [3.63, 3.8) is 0 Å². The van der Waals surface area contributed by atoms with Gasteiger partial charge in [0.15, 0.2) is 0 Å². The first-order valence-electron chi connectivity index (χ1n) is 6.26. The zero-order valence-corrected chi connectivity index (χ0v) is 13.8. The maximum Gasteiger partial charge on any atom is 0.322 e. The van der Waals surface area contributed by atoms with Crippen LogP contribution in [-0.4, -0.2) is 36.4 Å². The highest BCUT2D eigenvalue weighted by atomic mass is 35.5. The summed E-state index contributed by atoms with van der Waals surface area (Å²) in [6.07, 6.45) is 0.470. The molecule has 1 aromatic carbocycles. The monoisotopic (exact) mass is 351 g/mol. The summed E-state index contributed by atoms with van der Waals surface area (Å²) in [4.78, 5) is 11.4. The molecule has 1 aliphatic rings. The van der Waals surface area contributed by atoms with Crippen LogP contribution in [0.5, 0.6) is 0 Å². The van der Waals surface area contributed by atoms with Gasteiger partial charge in [-0.3, -0.25) is 4.79 Å². The van der Waals surface area contributed by atoms with Gasteiger partial charge in [0.1, 0.15) is 6.04 Å². The van der Waals surface area contributed by atoms with Crippen molar-refractivity contribution < 1.29 is 18.3 Å². The first-order chi connectivity index (χ1) is 9.55. The number of rotatable bonds is 3. The molecule has 0 aliphatic carbocycles. The molecule has 116 valence electrons. The minimum Gasteiger partial charge on any atom is -0.480 e. The highest BCUT2D eigenvalue weighted by Crippen LogP contribution is 2.40. The molecule has 1 N–H and O–H groups in total. The van der Waals surface area contributed by atoms with Crippen LogP contribution in [0.3, 0.4) is 0 Å². The van der Waals surface area contributed by atoms with E-state index in [-0.39, 0.29) is 21.5 Å². The Labute approximate surface area is 133 Å². The first kappa shape index (κ1) is 16.5. The smallest absolute Gasteiger partial charge is 0.322 e. The van der Waals surface area contributed by atoms with E-state index in [0.717, 1.165) is 4.31 Å². The second-order valence-electron chi connectivity index (χ2n) is 5.70. The molecule has 0 aromatic heterocycles. The predicted octanol–water partition coefficient (Wildman–Crippen LogP) is 2.87. The van der Waals surface area contributed by atoms with Gasteiger partial charge >= 0.3 is 5.97 Å². The average molecular weight is 352 g/mol. The fourth-order valence-corrected chi connectivity index (χ4v) is 5.05. The standard InChI is InChI=1S/C13H15Cl2NO4S/c1-13(2)3-4-16(11(13)12(17)18)21(19,20)10-6-8(14)5-9(15)7-10/h5-7,11H,3-4H2,1-2H3,(H,17,18). The molecule has 1 fully saturated rings. The SMILES string of the molecule is CC1(C)CCN(S(=O)(=O)c2cc(Cl)cc(Cl)c2)C1C(=O)O. The molecule has 0 spiro atoms. The molecule has 0 saturated carbocycles. The van der Waals surface area contributed by atoms with Gasteiger partial charge in [-0.25, -0.2) is 8.42 Å². The van der Waals surface area contributed by atoms with Gasteiger partial charge in [-0.1, -0.05) is 37.0 Å². The Morgan fingerprint density at radius 3 is 2.29 bits per heavy atom. The maximum absolute atomic E-state index is 12.7. The van der Waals surface area contributed by atoms with Crippen molar-refractivity contribution in [1.82, 2.24) is 4.31 Å². The number of aliphatic carboxylic acids is 1. The molecule has 0 radical (unpaired) electrons. The van der Waals surface area contributed by atoms with E-state index in [1.807, 2.05) is 0 Å². The third-order valence-electron chi connectivity index (χ3n) is 3.68. The van der Waals surface area contributed by atoms with Crippen LogP contribution in [0.15, 0.2) is 23.1 Å². The first-order valence-corrected chi connectivity index (χ1v) is 8.46. The van der Waals surface area contributed by atoms with E-state index in [4.69, 9.17) is 23.2 Å². The maximum atomic E-state index is 12.7. The number of carbonyl (C=O) groups is 1. The summed E-state index contributed by atoms with van der Waals surface area (Å²) in [5.74, 6) is -1.16. The van der Waals surface area contributed by atoms with Gasteiger partial charge in [0, 0.05) is 16.6 Å². The number of halogens is 2. The predicted molar refractivity (Wildman–Crippen MR) is 80.2 cm³/mol. The van der Waals surface area contributed by atoms with Crippen molar-refractivity contribution >= 4 is 39.2 Å².